The number of fused-ring (bicyclic) bond motifs is 3. The molecule has 7 nitrogen and oxygen atoms in total. The van der Waals surface area contributed by atoms with E-state index in [1.165, 1.54) is 4.90 Å². The van der Waals surface area contributed by atoms with Crippen LogP contribution in [-0.2, 0) is 9.47 Å². The Hall–Kier alpha value is -1.22. The van der Waals surface area contributed by atoms with E-state index >= 15 is 0 Å². The standard InChI is InChI=1S/C9H12FN3O4/c10-3-1-13-8-6(5(15)4(2-14)16-8)17-9(13)12-7(3)11/h1,4-6,8-9,14-15H,2H2,(H2,11,12)/t4-,5-,6+,8-,9?/m1/s1. The Morgan fingerprint density at radius 2 is 2.29 bits per heavy atom. The zero-order valence-electron chi connectivity index (χ0n) is 8.73. The summed E-state index contributed by atoms with van der Waals surface area (Å²) < 4.78 is 24.1. The van der Waals surface area contributed by atoms with Gasteiger partial charge in [0.25, 0.3) is 0 Å². The van der Waals surface area contributed by atoms with Gasteiger partial charge in [-0.2, -0.15) is 0 Å². The van der Waals surface area contributed by atoms with Crippen LogP contribution in [0.3, 0.4) is 0 Å². The minimum absolute atomic E-state index is 0.237. The Morgan fingerprint density at radius 1 is 1.53 bits per heavy atom. The second kappa shape index (κ2) is 3.64. The van der Waals surface area contributed by atoms with Crippen molar-refractivity contribution in [2.75, 3.05) is 6.61 Å². The van der Waals surface area contributed by atoms with Gasteiger partial charge in [-0.15, -0.1) is 0 Å². The summed E-state index contributed by atoms with van der Waals surface area (Å²) in [6.07, 6.45) is -2.66. The van der Waals surface area contributed by atoms with Crippen molar-refractivity contribution in [1.82, 2.24) is 4.90 Å². The van der Waals surface area contributed by atoms with Crippen LogP contribution in [0.15, 0.2) is 17.0 Å². The average molecular weight is 245 g/mol. The summed E-state index contributed by atoms with van der Waals surface area (Å²) in [6.45, 7) is -0.326. The van der Waals surface area contributed by atoms with Crippen molar-refractivity contribution >= 4 is 5.84 Å². The summed E-state index contributed by atoms with van der Waals surface area (Å²) in [7, 11) is 0. The number of halogens is 1. The van der Waals surface area contributed by atoms with Crippen molar-refractivity contribution in [2.24, 2.45) is 10.7 Å². The fourth-order valence-electron chi connectivity index (χ4n) is 2.20. The van der Waals surface area contributed by atoms with Gasteiger partial charge in [0.1, 0.15) is 18.3 Å². The maximum Gasteiger partial charge on any atom is 0.232 e. The van der Waals surface area contributed by atoms with Crippen LogP contribution in [0.1, 0.15) is 0 Å². The highest BCUT2D eigenvalue weighted by Gasteiger charge is 2.54. The summed E-state index contributed by atoms with van der Waals surface area (Å²) >= 11 is 0. The highest BCUT2D eigenvalue weighted by molar-refractivity contribution is 5.95. The first kappa shape index (κ1) is 10.9. The van der Waals surface area contributed by atoms with Gasteiger partial charge in [0.15, 0.2) is 17.9 Å². The number of nitrogens with two attached hydrogens (primary N) is 1. The van der Waals surface area contributed by atoms with Crippen LogP contribution in [0.2, 0.25) is 0 Å². The molecule has 0 aromatic rings. The third-order valence-electron chi connectivity index (χ3n) is 3.08. The lowest BCUT2D eigenvalue weighted by Crippen LogP contribution is -2.38. The zero-order chi connectivity index (χ0) is 12.2. The van der Waals surface area contributed by atoms with Gasteiger partial charge in [0, 0.05) is 6.20 Å². The summed E-state index contributed by atoms with van der Waals surface area (Å²) in [5.41, 5.74) is 5.33. The normalized spacial score (nSPS) is 44.2. The molecule has 3 rings (SSSR count). The molecule has 1 unspecified atom stereocenters. The van der Waals surface area contributed by atoms with Gasteiger partial charge in [-0.25, -0.2) is 9.38 Å². The minimum atomic E-state index is -0.969. The highest BCUT2D eigenvalue weighted by Crippen LogP contribution is 2.37. The number of nitrogens with zero attached hydrogens (tertiary/aromatic N) is 2. The van der Waals surface area contributed by atoms with Crippen LogP contribution >= 0.6 is 0 Å². The van der Waals surface area contributed by atoms with Gasteiger partial charge in [-0.05, 0) is 0 Å². The van der Waals surface area contributed by atoms with Gasteiger partial charge < -0.3 is 30.3 Å². The van der Waals surface area contributed by atoms with Crippen molar-refractivity contribution < 1.29 is 24.1 Å². The van der Waals surface area contributed by atoms with E-state index in [4.69, 9.17) is 20.3 Å². The first-order valence-corrected chi connectivity index (χ1v) is 5.20. The molecule has 2 saturated heterocycles. The quantitative estimate of drug-likeness (QED) is 0.505. The predicted molar refractivity (Wildman–Crippen MR) is 53.1 cm³/mol. The predicted octanol–water partition coefficient (Wildman–Crippen LogP) is -1.77. The third kappa shape index (κ3) is 1.45. The third-order valence-corrected chi connectivity index (χ3v) is 3.08. The molecule has 0 aliphatic carbocycles. The summed E-state index contributed by atoms with van der Waals surface area (Å²) in [5.74, 6) is -0.907. The van der Waals surface area contributed by atoms with Gasteiger partial charge >= 0.3 is 0 Å². The van der Waals surface area contributed by atoms with E-state index in [1.54, 1.807) is 0 Å². The number of aliphatic imine (C=N–C) groups is 1. The Kier molecular flexibility index (Phi) is 2.33. The topological polar surface area (TPSA) is 101 Å². The van der Waals surface area contributed by atoms with Crippen LogP contribution in [0, 0.1) is 0 Å². The molecular formula is C9H12FN3O4. The maximum atomic E-state index is 13.3. The molecule has 3 aliphatic heterocycles. The van der Waals surface area contributed by atoms with Crippen LogP contribution in [0.5, 0.6) is 0 Å². The van der Waals surface area contributed by atoms with Crippen molar-refractivity contribution in [1.29, 1.82) is 0 Å². The molecule has 0 aromatic carbocycles. The zero-order valence-corrected chi connectivity index (χ0v) is 8.73. The SMILES string of the molecule is NC1=NC2O[C@H]3[C@H](O)[C@@H](CO)O[C@H]3N2C=C1F. The van der Waals surface area contributed by atoms with E-state index in [2.05, 4.69) is 4.99 Å². The van der Waals surface area contributed by atoms with Crippen molar-refractivity contribution in [2.45, 2.75) is 30.9 Å². The molecule has 4 N–H and O–H groups in total. The fraction of sp³-hybridized carbons (Fsp3) is 0.667. The molecule has 5 atom stereocenters. The minimum Gasteiger partial charge on any atom is -0.394 e. The fourth-order valence-corrected chi connectivity index (χ4v) is 2.20. The van der Waals surface area contributed by atoms with Crippen molar-refractivity contribution in [3.05, 3.63) is 12.0 Å². The lowest BCUT2D eigenvalue weighted by molar-refractivity contribution is -0.0917. The first-order valence-electron chi connectivity index (χ1n) is 5.20. The molecule has 0 spiro atoms. The molecular weight excluding hydrogens is 233 g/mol. The Balaban J connectivity index is 1.86. The smallest absolute Gasteiger partial charge is 0.232 e. The van der Waals surface area contributed by atoms with Gasteiger partial charge in [0.05, 0.1) is 6.61 Å². The molecule has 0 aromatic heterocycles. The van der Waals surface area contributed by atoms with Crippen molar-refractivity contribution in [3.63, 3.8) is 0 Å². The first-order chi connectivity index (χ1) is 8.11. The van der Waals surface area contributed by atoms with Crippen LogP contribution in [-0.4, -0.2) is 58.4 Å². The number of amidine groups is 1. The number of hydrogen-bond donors (Lipinski definition) is 3. The lowest BCUT2D eigenvalue weighted by atomic mass is 10.1. The molecule has 0 radical (unpaired) electrons. The molecule has 0 saturated carbocycles. The van der Waals surface area contributed by atoms with Crippen molar-refractivity contribution in [3.8, 4) is 0 Å². The van der Waals surface area contributed by atoms with Crippen LogP contribution in [0.4, 0.5) is 4.39 Å². The van der Waals surface area contributed by atoms with E-state index in [-0.39, 0.29) is 12.4 Å². The number of aliphatic hydroxyl groups excluding tert-OH is 2. The van der Waals surface area contributed by atoms with Gasteiger partial charge in [0.2, 0.25) is 6.35 Å². The molecule has 94 valence electrons. The molecule has 0 amide bonds. The van der Waals surface area contributed by atoms with E-state index in [1.807, 2.05) is 0 Å². The second-order valence-corrected chi connectivity index (χ2v) is 4.10. The number of rotatable bonds is 1. The largest absolute Gasteiger partial charge is 0.394 e. The lowest BCUT2D eigenvalue weighted by Gasteiger charge is -2.27. The van der Waals surface area contributed by atoms with Gasteiger partial charge in [-0.1, -0.05) is 0 Å². The summed E-state index contributed by atoms with van der Waals surface area (Å²) in [6, 6.07) is 0. The second-order valence-electron chi connectivity index (χ2n) is 4.10. The van der Waals surface area contributed by atoms with E-state index in [0.29, 0.717) is 0 Å². The molecule has 0 bridgehead atoms. The number of hydrogen-bond acceptors (Lipinski definition) is 7. The Labute approximate surface area is 95.9 Å². The van der Waals surface area contributed by atoms with Crippen LogP contribution in [0.25, 0.3) is 0 Å². The number of aliphatic hydroxyl groups is 2. The molecule has 3 heterocycles. The summed E-state index contributed by atoms with van der Waals surface area (Å²) in [5, 5.41) is 18.8. The van der Waals surface area contributed by atoms with E-state index < -0.39 is 36.7 Å². The van der Waals surface area contributed by atoms with E-state index in [9.17, 15) is 9.50 Å². The summed E-state index contributed by atoms with van der Waals surface area (Å²) in [4.78, 5) is 5.19. The number of ether oxygens (including phenoxy) is 2. The Bertz CT molecular complexity index is 402. The van der Waals surface area contributed by atoms with Gasteiger partial charge in [-0.3, -0.25) is 0 Å². The van der Waals surface area contributed by atoms with Crippen LogP contribution < -0.4 is 5.73 Å². The highest BCUT2D eigenvalue weighted by atomic mass is 19.1. The molecule has 17 heavy (non-hydrogen) atoms. The molecule has 2 fully saturated rings. The monoisotopic (exact) mass is 245 g/mol. The van der Waals surface area contributed by atoms with E-state index in [0.717, 1.165) is 6.20 Å². The molecule has 3 aliphatic rings. The maximum absolute atomic E-state index is 13.3. The Morgan fingerprint density at radius 3 is 3.00 bits per heavy atom. The molecule has 8 heteroatoms. The average Bonchev–Trinajstić information content (AvgIpc) is 2.78.